The molecule has 0 radical (unpaired) electrons. The molecule has 0 amide bonds. The molecular weight excluding hydrogens is 366 g/mol. The standard InChI is InChI=1S/C27H51N3/c1-3-5-7-9-11-13-15-17-19-21-23-26-28-25-29-27(30-26)24-22-20-18-16-14-12-10-8-6-4-2/h25H,3-24H2,1-2H3. The molecule has 0 aliphatic rings. The lowest BCUT2D eigenvalue weighted by molar-refractivity contribution is 0.550. The molecule has 0 atom stereocenters. The SMILES string of the molecule is CCCCCCCCCCCCc1ncnc(CCCCCCCCCCCC)n1. The molecule has 0 aliphatic carbocycles. The van der Waals surface area contributed by atoms with E-state index in [4.69, 9.17) is 4.98 Å². The second-order valence-electron chi connectivity index (χ2n) is 9.18. The fourth-order valence-corrected chi connectivity index (χ4v) is 4.15. The maximum atomic E-state index is 4.70. The average Bonchev–Trinajstić information content (AvgIpc) is 2.76. The lowest BCUT2D eigenvalue weighted by Crippen LogP contribution is -2.02. The van der Waals surface area contributed by atoms with Gasteiger partial charge in [0.05, 0.1) is 0 Å². The Morgan fingerprint density at radius 3 is 1.07 bits per heavy atom. The van der Waals surface area contributed by atoms with E-state index in [-0.39, 0.29) is 0 Å². The largest absolute Gasteiger partial charge is 0.221 e. The highest BCUT2D eigenvalue weighted by Crippen LogP contribution is 2.13. The molecule has 0 fully saturated rings. The summed E-state index contributed by atoms with van der Waals surface area (Å²) in [6, 6.07) is 0. The zero-order chi connectivity index (χ0) is 21.5. The van der Waals surface area contributed by atoms with Gasteiger partial charge in [-0.3, -0.25) is 0 Å². The first kappa shape index (κ1) is 27.0. The van der Waals surface area contributed by atoms with E-state index in [9.17, 15) is 0 Å². The van der Waals surface area contributed by atoms with Gasteiger partial charge < -0.3 is 0 Å². The van der Waals surface area contributed by atoms with Crippen LogP contribution in [-0.2, 0) is 12.8 Å². The molecule has 1 aromatic heterocycles. The molecule has 3 heteroatoms. The first-order valence-electron chi connectivity index (χ1n) is 13.5. The Kier molecular flexibility index (Phi) is 19.2. The van der Waals surface area contributed by atoms with E-state index in [1.54, 1.807) is 6.33 Å². The van der Waals surface area contributed by atoms with Crippen molar-refractivity contribution in [3.8, 4) is 0 Å². The van der Waals surface area contributed by atoms with Crippen LogP contribution in [0.4, 0.5) is 0 Å². The molecule has 3 nitrogen and oxygen atoms in total. The fourth-order valence-electron chi connectivity index (χ4n) is 4.15. The van der Waals surface area contributed by atoms with Gasteiger partial charge in [0.15, 0.2) is 0 Å². The Labute approximate surface area is 188 Å². The smallest absolute Gasteiger partial charge is 0.132 e. The third-order valence-corrected chi connectivity index (χ3v) is 6.18. The Morgan fingerprint density at radius 2 is 0.733 bits per heavy atom. The maximum Gasteiger partial charge on any atom is 0.132 e. The monoisotopic (exact) mass is 417 g/mol. The summed E-state index contributed by atoms with van der Waals surface area (Å²) >= 11 is 0. The summed E-state index contributed by atoms with van der Waals surface area (Å²) in [5, 5.41) is 0. The Balaban J connectivity index is 1.97. The molecule has 0 saturated heterocycles. The highest BCUT2D eigenvalue weighted by Gasteiger charge is 2.02. The second-order valence-corrected chi connectivity index (χ2v) is 9.18. The minimum Gasteiger partial charge on any atom is -0.221 e. The van der Waals surface area contributed by atoms with Crippen LogP contribution in [0, 0.1) is 0 Å². The second kappa shape index (κ2) is 21.2. The molecule has 1 heterocycles. The number of hydrogen-bond acceptors (Lipinski definition) is 3. The van der Waals surface area contributed by atoms with Crippen LogP contribution in [0.25, 0.3) is 0 Å². The van der Waals surface area contributed by atoms with Crippen LogP contribution < -0.4 is 0 Å². The van der Waals surface area contributed by atoms with Crippen LogP contribution in [0.3, 0.4) is 0 Å². The summed E-state index contributed by atoms with van der Waals surface area (Å²) in [6.07, 6.45) is 31.3. The summed E-state index contributed by atoms with van der Waals surface area (Å²) in [6.45, 7) is 4.57. The molecule has 174 valence electrons. The summed E-state index contributed by atoms with van der Waals surface area (Å²) < 4.78 is 0. The number of hydrogen-bond donors (Lipinski definition) is 0. The number of rotatable bonds is 22. The number of unbranched alkanes of at least 4 members (excludes halogenated alkanes) is 18. The molecule has 30 heavy (non-hydrogen) atoms. The van der Waals surface area contributed by atoms with Crippen molar-refractivity contribution in [2.24, 2.45) is 0 Å². The third kappa shape index (κ3) is 16.8. The Bertz CT molecular complexity index is 436. The molecule has 1 rings (SSSR count). The first-order valence-corrected chi connectivity index (χ1v) is 13.5. The molecule has 0 saturated carbocycles. The predicted molar refractivity (Wildman–Crippen MR) is 131 cm³/mol. The Hall–Kier alpha value is -0.990. The van der Waals surface area contributed by atoms with Gasteiger partial charge in [-0.1, -0.05) is 129 Å². The average molecular weight is 418 g/mol. The maximum absolute atomic E-state index is 4.70. The van der Waals surface area contributed by atoms with Crippen LogP contribution in [0.2, 0.25) is 0 Å². The highest BCUT2D eigenvalue weighted by atomic mass is 15.0. The van der Waals surface area contributed by atoms with Gasteiger partial charge in [0, 0.05) is 12.8 Å². The first-order chi connectivity index (χ1) is 14.9. The number of nitrogens with zero attached hydrogens (tertiary/aromatic N) is 3. The number of aromatic nitrogens is 3. The topological polar surface area (TPSA) is 38.7 Å². The minimum atomic E-state index is 1.01. The van der Waals surface area contributed by atoms with Crippen LogP contribution in [-0.4, -0.2) is 15.0 Å². The molecule has 0 spiro atoms. The summed E-state index contributed by atoms with van der Waals surface area (Å²) in [5.74, 6) is 2.01. The van der Waals surface area contributed by atoms with Crippen molar-refractivity contribution in [1.82, 2.24) is 15.0 Å². The van der Waals surface area contributed by atoms with Crippen LogP contribution in [0.1, 0.15) is 154 Å². The van der Waals surface area contributed by atoms with Gasteiger partial charge in [0.2, 0.25) is 0 Å². The van der Waals surface area contributed by atoms with E-state index in [0.717, 1.165) is 24.5 Å². The van der Waals surface area contributed by atoms with Gasteiger partial charge in [-0.15, -0.1) is 0 Å². The summed E-state index contributed by atoms with van der Waals surface area (Å²) in [4.78, 5) is 13.5. The fraction of sp³-hybridized carbons (Fsp3) is 0.889. The predicted octanol–water partition coefficient (Wildman–Crippen LogP) is 8.80. The van der Waals surface area contributed by atoms with Gasteiger partial charge in [0.1, 0.15) is 18.0 Å². The van der Waals surface area contributed by atoms with Crippen molar-refractivity contribution in [2.75, 3.05) is 0 Å². The Morgan fingerprint density at radius 1 is 0.433 bits per heavy atom. The lowest BCUT2D eigenvalue weighted by Gasteiger charge is -2.04. The van der Waals surface area contributed by atoms with Gasteiger partial charge in [-0.05, 0) is 12.8 Å². The zero-order valence-corrected chi connectivity index (χ0v) is 20.5. The molecule has 0 aromatic carbocycles. The molecule has 0 bridgehead atoms. The number of aryl methyl sites for hydroxylation is 2. The van der Waals surface area contributed by atoms with Gasteiger partial charge >= 0.3 is 0 Å². The van der Waals surface area contributed by atoms with Crippen molar-refractivity contribution in [3.63, 3.8) is 0 Å². The molecule has 0 N–H and O–H groups in total. The normalized spacial score (nSPS) is 11.3. The molecular formula is C27H51N3. The van der Waals surface area contributed by atoms with E-state index < -0.39 is 0 Å². The van der Waals surface area contributed by atoms with E-state index in [0.29, 0.717) is 0 Å². The van der Waals surface area contributed by atoms with Crippen molar-refractivity contribution in [3.05, 3.63) is 18.0 Å². The zero-order valence-electron chi connectivity index (χ0n) is 20.5. The highest BCUT2D eigenvalue weighted by molar-refractivity contribution is 4.91. The van der Waals surface area contributed by atoms with E-state index in [2.05, 4.69) is 23.8 Å². The van der Waals surface area contributed by atoms with E-state index in [1.165, 1.54) is 128 Å². The van der Waals surface area contributed by atoms with Gasteiger partial charge in [0.25, 0.3) is 0 Å². The lowest BCUT2D eigenvalue weighted by atomic mass is 10.1. The van der Waals surface area contributed by atoms with Crippen molar-refractivity contribution in [2.45, 2.75) is 155 Å². The summed E-state index contributed by atoms with van der Waals surface area (Å²) in [5.41, 5.74) is 0. The van der Waals surface area contributed by atoms with Crippen molar-refractivity contribution in [1.29, 1.82) is 0 Å². The van der Waals surface area contributed by atoms with E-state index in [1.807, 2.05) is 0 Å². The summed E-state index contributed by atoms with van der Waals surface area (Å²) in [7, 11) is 0. The minimum absolute atomic E-state index is 1.01. The third-order valence-electron chi connectivity index (χ3n) is 6.18. The van der Waals surface area contributed by atoms with Gasteiger partial charge in [-0.25, -0.2) is 15.0 Å². The van der Waals surface area contributed by atoms with Crippen molar-refractivity contribution >= 4 is 0 Å². The molecule has 1 aromatic rings. The van der Waals surface area contributed by atoms with E-state index >= 15 is 0 Å². The van der Waals surface area contributed by atoms with Crippen molar-refractivity contribution < 1.29 is 0 Å². The van der Waals surface area contributed by atoms with Crippen LogP contribution >= 0.6 is 0 Å². The molecule has 0 aliphatic heterocycles. The van der Waals surface area contributed by atoms with Gasteiger partial charge in [-0.2, -0.15) is 0 Å². The quantitative estimate of drug-likeness (QED) is 0.177. The van der Waals surface area contributed by atoms with Crippen LogP contribution in [0.5, 0.6) is 0 Å². The van der Waals surface area contributed by atoms with Crippen LogP contribution in [0.15, 0.2) is 6.33 Å². The molecule has 0 unspecified atom stereocenters.